The van der Waals surface area contributed by atoms with Crippen molar-refractivity contribution in [3.05, 3.63) is 0 Å². The van der Waals surface area contributed by atoms with Gasteiger partial charge in [-0.15, -0.1) is 0 Å². The number of sulfonamides is 1. The Kier molecular flexibility index (Phi) is 5.68. The molecule has 1 atom stereocenters. The summed E-state index contributed by atoms with van der Waals surface area (Å²) in [5.74, 6) is 0.698. The molecule has 1 rings (SSSR count). The fraction of sp³-hybridized carbons (Fsp3) is 1.00. The molecule has 16 heavy (non-hydrogen) atoms. The molecule has 0 bridgehead atoms. The maximum atomic E-state index is 11.4. The quantitative estimate of drug-likeness (QED) is 0.669. The van der Waals surface area contributed by atoms with Crippen LogP contribution >= 0.6 is 0 Å². The third kappa shape index (κ3) is 4.78. The number of hydrogen-bond donors (Lipinski definition) is 1. The molecular weight excluding hydrogens is 228 g/mol. The van der Waals surface area contributed by atoms with Gasteiger partial charge in [-0.3, -0.25) is 0 Å². The minimum Gasteiger partial charge on any atom is -0.381 e. The summed E-state index contributed by atoms with van der Waals surface area (Å²) in [4.78, 5) is 0. The normalized spacial score (nSPS) is 22.6. The molecule has 0 amide bonds. The molecule has 96 valence electrons. The largest absolute Gasteiger partial charge is 0.381 e. The molecular formula is C10H22N2O3S. The zero-order valence-corrected chi connectivity index (χ0v) is 10.9. The van der Waals surface area contributed by atoms with Crippen LogP contribution in [0, 0.1) is 5.92 Å². The highest BCUT2D eigenvalue weighted by molar-refractivity contribution is 7.89. The minimum atomic E-state index is -3.06. The van der Waals surface area contributed by atoms with Gasteiger partial charge in [-0.25, -0.2) is 12.7 Å². The van der Waals surface area contributed by atoms with E-state index in [9.17, 15) is 8.42 Å². The molecule has 0 radical (unpaired) electrons. The fourth-order valence-corrected chi connectivity index (χ4v) is 2.43. The molecule has 1 heterocycles. The van der Waals surface area contributed by atoms with E-state index in [0.717, 1.165) is 26.2 Å². The molecule has 1 aliphatic heterocycles. The highest BCUT2D eigenvalue weighted by Crippen LogP contribution is 2.11. The van der Waals surface area contributed by atoms with Crippen LogP contribution in [0.15, 0.2) is 0 Å². The van der Waals surface area contributed by atoms with Crippen LogP contribution in [0.25, 0.3) is 0 Å². The molecule has 1 saturated heterocycles. The van der Waals surface area contributed by atoms with Crippen molar-refractivity contribution >= 4 is 10.0 Å². The van der Waals surface area contributed by atoms with E-state index in [1.807, 2.05) is 0 Å². The van der Waals surface area contributed by atoms with Crippen LogP contribution in [0.3, 0.4) is 0 Å². The van der Waals surface area contributed by atoms with Crippen molar-refractivity contribution in [2.75, 3.05) is 46.2 Å². The van der Waals surface area contributed by atoms with Gasteiger partial charge in [0.1, 0.15) is 0 Å². The summed E-state index contributed by atoms with van der Waals surface area (Å²) in [5.41, 5.74) is 0. The lowest BCUT2D eigenvalue weighted by molar-refractivity contribution is 0.0551. The van der Waals surface area contributed by atoms with Crippen LogP contribution < -0.4 is 5.32 Å². The third-order valence-corrected chi connectivity index (χ3v) is 4.61. The van der Waals surface area contributed by atoms with Gasteiger partial charge in [0.25, 0.3) is 0 Å². The molecule has 0 saturated carbocycles. The maximum absolute atomic E-state index is 11.4. The second-order valence-corrected chi connectivity index (χ2v) is 6.69. The van der Waals surface area contributed by atoms with Gasteiger partial charge in [0.15, 0.2) is 0 Å². The molecule has 1 aliphatic rings. The fourth-order valence-electron chi connectivity index (χ4n) is 1.66. The van der Waals surface area contributed by atoms with Crippen molar-refractivity contribution < 1.29 is 13.2 Å². The lowest BCUT2D eigenvalue weighted by atomic mass is 10.0. The minimum absolute atomic E-state index is 0.160. The summed E-state index contributed by atoms with van der Waals surface area (Å²) in [5, 5.41) is 3.18. The molecule has 1 fully saturated rings. The monoisotopic (exact) mass is 250 g/mol. The average Bonchev–Trinajstić information content (AvgIpc) is 2.26. The van der Waals surface area contributed by atoms with Gasteiger partial charge in [0.05, 0.1) is 12.4 Å². The topological polar surface area (TPSA) is 58.6 Å². The first-order valence-electron chi connectivity index (χ1n) is 5.71. The summed E-state index contributed by atoms with van der Waals surface area (Å²) in [6.07, 6.45) is 2.29. The van der Waals surface area contributed by atoms with Crippen LogP contribution in [-0.4, -0.2) is 58.9 Å². The molecule has 5 nitrogen and oxygen atoms in total. The SMILES string of the molecule is CN(C)S(=O)(=O)CCNCC1CCCOC1. The van der Waals surface area contributed by atoms with Gasteiger partial charge in [0.2, 0.25) is 10.0 Å². The Morgan fingerprint density at radius 2 is 2.19 bits per heavy atom. The van der Waals surface area contributed by atoms with Gasteiger partial charge >= 0.3 is 0 Å². The Morgan fingerprint density at radius 3 is 2.75 bits per heavy atom. The Balaban J connectivity index is 2.11. The van der Waals surface area contributed by atoms with Crippen LogP contribution in [0.4, 0.5) is 0 Å². The first-order chi connectivity index (χ1) is 7.52. The summed E-state index contributed by atoms with van der Waals surface area (Å²) in [6, 6.07) is 0. The first kappa shape index (κ1) is 13.9. The van der Waals surface area contributed by atoms with Crippen molar-refractivity contribution in [1.29, 1.82) is 0 Å². The summed E-state index contributed by atoms with van der Waals surface area (Å²) < 4.78 is 29.5. The second-order valence-electron chi connectivity index (χ2n) is 4.39. The molecule has 0 spiro atoms. The number of rotatable bonds is 6. The highest BCUT2D eigenvalue weighted by atomic mass is 32.2. The molecule has 6 heteroatoms. The summed E-state index contributed by atoms with van der Waals surface area (Å²) in [6.45, 7) is 3.03. The van der Waals surface area contributed by atoms with E-state index in [2.05, 4.69) is 5.32 Å². The van der Waals surface area contributed by atoms with Crippen LogP contribution in [0.2, 0.25) is 0 Å². The van der Waals surface area contributed by atoms with Crippen LogP contribution in [-0.2, 0) is 14.8 Å². The van der Waals surface area contributed by atoms with E-state index in [-0.39, 0.29) is 5.75 Å². The zero-order chi connectivity index (χ0) is 12.0. The van der Waals surface area contributed by atoms with E-state index in [4.69, 9.17) is 4.74 Å². The zero-order valence-electron chi connectivity index (χ0n) is 10.1. The third-order valence-electron chi connectivity index (χ3n) is 2.78. The van der Waals surface area contributed by atoms with Gasteiger partial charge in [-0.05, 0) is 18.8 Å². The van der Waals surface area contributed by atoms with Crippen molar-refractivity contribution in [3.63, 3.8) is 0 Å². The lowest BCUT2D eigenvalue weighted by Gasteiger charge is -2.22. The first-order valence-corrected chi connectivity index (χ1v) is 7.32. The van der Waals surface area contributed by atoms with E-state index in [0.29, 0.717) is 12.5 Å². The second kappa shape index (κ2) is 6.54. The van der Waals surface area contributed by atoms with Gasteiger partial charge < -0.3 is 10.1 Å². The van der Waals surface area contributed by atoms with Gasteiger partial charge in [0, 0.05) is 33.8 Å². The molecule has 1 N–H and O–H groups in total. The van der Waals surface area contributed by atoms with E-state index in [1.165, 1.54) is 10.7 Å². The molecule has 0 aromatic carbocycles. The van der Waals surface area contributed by atoms with Crippen molar-refractivity contribution in [1.82, 2.24) is 9.62 Å². The molecule has 1 unspecified atom stereocenters. The predicted molar refractivity (Wildman–Crippen MR) is 63.9 cm³/mol. The van der Waals surface area contributed by atoms with Gasteiger partial charge in [-0.2, -0.15) is 0 Å². The predicted octanol–water partition coefficient (Wildman–Crippen LogP) is -0.106. The van der Waals surface area contributed by atoms with Crippen molar-refractivity contribution in [2.45, 2.75) is 12.8 Å². The van der Waals surface area contributed by atoms with E-state index in [1.54, 1.807) is 14.1 Å². The van der Waals surface area contributed by atoms with Crippen molar-refractivity contribution in [3.8, 4) is 0 Å². The average molecular weight is 250 g/mol. The van der Waals surface area contributed by atoms with E-state index < -0.39 is 10.0 Å². The van der Waals surface area contributed by atoms with Crippen molar-refractivity contribution in [2.24, 2.45) is 5.92 Å². The smallest absolute Gasteiger partial charge is 0.214 e. The number of ether oxygens (including phenoxy) is 1. The Hall–Kier alpha value is -0.170. The number of nitrogens with one attached hydrogen (secondary N) is 1. The molecule has 0 aromatic heterocycles. The van der Waals surface area contributed by atoms with Crippen LogP contribution in [0.1, 0.15) is 12.8 Å². The standard InChI is InChI=1S/C10H22N2O3S/c1-12(2)16(13,14)7-5-11-8-10-4-3-6-15-9-10/h10-11H,3-9H2,1-2H3. The number of hydrogen-bond acceptors (Lipinski definition) is 4. The molecule has 0 aromatic rings. The van der Waals surface area contributed by atoms with Gasteiger partial charge in [-0.1, -0.05) is 0 Å². The Labute approximate surface area is 98.2 Å². The van der Waals surface area contributed by atoms with Crippen LogP contribution in [0.5, 0.6) is 0 Å². The summed E-state index contributed by atoms with van der Waals surface area (Å²) >= 11 is 0. The Bertz CT molecular complexity index is 284. The Morgan fingerprint density at radius 1 is 1.44 bits per heavy atom. The lowest BCUT2D eigenvalue weighted by Crippen LogP contribution is -2.35. The molecule has 0 aliphatic carbocycles. The maximum Gasteiger partial charge on any atom is 0.214 e. The highest BCUT2D eigenvalue weighted by Gasteiger charge is 2.15. The van der Waals surface area contributed by atoms with E-state index >= 15 is 0 Å². The summed E-state index contributed by atoms with van der Waals surface area (Å²) in [7, 11) is 0.0581. The number of nitrogens with zero attached hydrogens (tertiary/aromatic N) is 1.